The monoisotopic (exact) mass is 454 g/mol. The van der Waals surface area contributed by atoms with Crippen molar-refractivity contribution in [2.75, 3.05) is 20.1 Å². The van der Waals surface area contributed by atoms with Crippen LogP contribution in [0.15, 0.2) is 36.4 Å². The number of amides is 1. The summed E-state index contributed by atoms with van der Waals surface area (Å²) in [5.74, 6) is 0.141. The Morgan fingerprint density at radius 1 is 1.17 bits per heavy atom. The molecule has 0 saturated carbocycles. The van der Waals surface area contributed by atoms with E-state index in [1.807, 2.05) is 42.3 Å². The maximum Gasteiger partial charge on any atom is 0.253 e. The molecule has 1 fully saturated rings. The standard InChI is InChI=1S/C19H20ClIN2O/c1-22-12-14-10-13(19(24)23-8-2-3-9-23)4-6-16(14)17-7-5-15(20)11-18(17)21/h4-7,10-11,22H,2-3,8-9,12H2,1H3. The van der Waals surface area contributed by atoms with Crippen LogP contribution < -0.4 is 5.32 Å². The topological polar surface area (TPSA) is 32.3 Å². The number of benzene rings is 2. The average Bonchev–Trinajstić information content (AvgIpc) is 3.09. The van der Waals surface area contributed by atoms with Crippen LogP contribution in [-0.4, -0.2) is 30.9 Å². The molecule has 0 radical (unpaired) electrons. The molecule has 3 rings (SSSR count). The predicted octanol–water partition coefficient (Wildman–Crippen LogP) is 4.57. The second-order valence-corrected chi connectivity index (χ2v) is 7.62. The molecule has 24 heavy (non-hydrogen) atoms. The van der Waals surface area contributed by atoms with Gasteiger partial charge in [-0.15, -0.1) is 0 Å². The molecule has 126 valence electrons. The third kappa shape index (κ3) is 3.76. The highest BCUT2D eigenvalue weighted by Gasteiger charge is 2.20. The van der Waals surface area contributed by atoms with Gasteiger partial charge in [-0.2, -0.15) is 0 Å². The van der Waals surface area contributed by atoms with Crippen LogP contribution in [0.2, 0.25) is 5.02 Å². The van der Waals surface area contributed by atoms with Gasteiger partial charge in [0.2, 0.25) is 0 Å². The normalized spacial score (nSPS) is 14.2. The lowest BCUT2D eigenvalue weighted by Crippen LogP contribution is -2.27. The molecule has 0 spiro atoms. The van der Waals surface area contributed by atoms with Gasteiger partial charge >= 0.3 is 0 Å². The number of likely N-dealkylation sites (tertiary alicyclic amines) is 1. The summed E-state index contributed by atoms with van der Waals surface area (Å²) in [6.45, 7) is 2.46. The molecule has 1 heterocycles. The molecule has 0 aliphatic carbocycles. The lowest BCUT2D eigenvalue weighted by Gasteiger charge is -2.18. The van der Waals surface area contributed by atoms with Crippen LogP contribution in [0.3, 0.4) is 0 Å². The summed E-state index contributed by atoms with van der Waals surface area (Å²) in [7, 11) is 1.92. The van der Waals surface area contributed by atoms with Crippen molar-refractivity contribution in [3.05, 3.63) is 56.1 Å². The Morgan fingerprint density at radius 2 is 1.88 bits per heavy atom. The van der Waals surface area contributed by atoms with Crippen LogP contribution in [0, 0.1) is 3.57 Å². The molecule has 3 nitrogen and oxygen atoms in total. The molecule has 2 aromatic carbocycles. The molecule has 0 aromatic heterocycles. The molecular weight excluding hydrogens is 435 g/mol. The molecule has 1 N–H and O–H groups in total. The van der Waals surface area contributed by atoms with Gasteiger partial charge in [0.25, 0.3) is 5.91 Å². The number of hydrogen-bond donors (Lipinski definition) is 1. The van der Waals surface area contributed by atoms with Gasteiger partial charge in [0, 0.05) is 33.8 Å². The van der Waals surface area contributed by atoms with E-state index in [1.165, 1.54) is 0 Å². The van der Waals surface area contributed by atoms with E-state index in [0.717, 1.165) is 63.3 Å². The number of rotatable bonds is 4. The molecular formula is C19H20ClIN2O. The number of carbonyl (C=O) groups excluding carboxylic acids is 1. The van der Waals surface area contributed by atoms with E-state index in [0.29, 0.717) is 0 Å². The summed E-state index contributed by atoms with van der Waals surface area (Å²) in [5.41, 5.74) is 4.19. The van der Waals surface area contributed by atoms with E-state index in [4.69, 9.17) is 11.6 Å². The maximum atomic E-state index is 12.6. The fraction of sp³-hybridized carbons (Fsp3) is 0.316. The first-order valence-corrected chi connectivity index (χ1v) is 9.58. The SMILES string of the molecule is CNCc1cc(C(=O)N2CCCC2)ccc1-c1ccc(Cl)cc1I. The van der Waals surface area contributed by atoms with Crippen LogP contribution in [0.1, 0.15) is 28.8 Å². The molecule has 0 atom stereocenters. The van der Waals surface area contributed by atoms with Gasteiger partial charge in [-0.1, -0.05) is 23.7 Å². The van der Waals surface area contributed by atoms with Gasteiger partial charge in [0.1, 0.15) is 0 Å². The first kappa shape index (κ1) is 17.7. The Balaban J connectivity index is 1.99. The van der Waals surface area contributed by atoms with Crippen molar-refractivity contribution < 1.29 is 4.79 Å². The molecule has 1 amide bonds. The van der Waals surface area contributed by atoms with E-state index in [9.17, 15) is 4.79 Å². The number of halogens is 2. The lowest BCUT2D eigenvalue weighted by atomic mass is 9.97. The van der Waals surface area contributed by atoms with Crippen LogP contribution in [0.5, 0.6) is 0 Å². The molecule has 1 saturated heterocycles. The maximum absolute atomic E-state index is 12.6. The molecule has 1 aliphatic rings. The average molecular weight is 455 g/mol. The van der Waals surface area contributed by atoms with E-state index in [2.05, 4.69) is 34.0 Å². The Kier molecular flexibility index (Phi) is 5.79. The Labute approximate surface area is 161 Å². The third-order valence-corrected chi connectivity index (χ3v) is 5.46. The number of nitrogens with one attached hydrogen (secondary N) is 1. The summed E-state index contributed by atoms with van der Waals surface area (Å²) < 4.78 is 1.11. The van der Waals surface area contributed by atoms with E-state index >= 15 is 0 Å². The summed E-state index contributed by atoms with van der Waals surface area (Å²) in [4.78, 5) is 14.6. The van der Waals surface area contributed by atoms with Gasteiger partial charge in [0.05, 0.1) is 0 Å². The first-order chi connectivity index (χ1) is 11.6. The number of carbonyl (C=O) groups is 1. The highest BCUT2D eigenvalue weighted by atomic mass is 127. The zero-order valence-corrected chi connectivity index (χ0v) is 16.5. The lowest BCUT2D eigenvalue weighted by molar-refractivity contribution is 0.0792. The number of hydrogen-bond acceptors (Lipinski definition) is 2. The zero-order valence-electron chi connectivity index (χ0n) is 13.6. The third-order valence-electron chi connectivity index (χ3n) is 4.33. The zero-order chi connectivity index (χ0) is 17.1. The van der Waals surface area contributed by atoms with Gasteiger partial charge in [0.15, 0.2) is 0 Å². The minimum atomic E-state index is 0.141. The fourth-order valence-electron chi connectivity index (χ4n) is 3.14. The van der Waals surface area contributed by atoms with Crippen molar-refractivity contribution in [2.45, 2.75) is 19.4 Å². The molecule has 0 unspecified atom stereocenters. The van der Waals surface area contributed by atoms with E-state index < -0.39 is 0 Å². The van der Waals surface area contributed by atoms with Gasteiger partial charge in [-0.3, -0.25) is 4.79 Å². The van der Waals surface area contributed by atoms with Crippen molar-refractivity contribution in [1.82, 2.24) is 10.2 Å². The highest BCUT2D eigenvalue weighted by molar-refractivity contribution is 14.1. The minimum Gasteiger partial charge on any atom is -0.339 e. The Morgan fingerprint density at radius 3 is 2.54 bits per heavy atom. The summed E-state index contributed by atoms with van der Waals surface area (Å²) in [6.07, 6.45) is 2.21. The largest absolute Gasteiger partial charge is 0.339 e. The molecule has 2 aromatic rings. The molecule has 1 aliphatic heterocycles. The van der Waals surface area contributed by atoms with Gasteiger partial charge < -0.3 is 10.2 Å². The van der Waals surface area contributed by atoms with Gasteiger partial charge in [-0.05, 0) is 83.4 Å². The van der Waals surface area contributed by atoms with Crippen LogP contribution in [-0.2, 0) is 6.54 Å². The second kappa shape index (κ2) is 7.85. The number of nitrogens with zero attached hydrogens (tertiary/aromatic N) is 1. The van der Waals surface area contributed by atoms with Crippen LogP contribution in [0.25, 0.3) is 11.1 Å². The van der Waals surface area contributed by atoms with Crippen LogP contribution in [0.4, 0.5) is 0 Å². The minimum absolute atomic E-state index is 0.141. The Bertz CT molecular complexity index is 757. The van der Waals surface area contributed by atoms with Crippen molar-refractivity contribution in [1.29, 1.82) is 0 Å². The van der Waals surface area contributed by atoms with Crippen molar-refractivity contribution in [2.24, 2.45) is 0 Å². The quantitative estimate of drug-likeness (QED) is 0.687. The second-order valence-electron chi connectivity index (χ2n) is 6.03. The Hall–Kier alpha value is -1.11. The smallest absolute Gasteiger partial charge is 0.253 e. The molecule has 5 heteroatoms. The van der Waals surface area contributed by atoms with Crippen LogP contribution >= 0.6 is 34.2 Å². The summed E-state index contributed by atoms with van der Waals surface area (Å²) in [6, 6.07) is 11.9. The first-order valence-electron chi connectivity index (χ1n) is 8.12. The van der Waals surface area contributed by atoms with Crippen molar-refractivity contribution >= 4 is 40.1 Å². The predicted molar refractivity (Wildman–Crippen MR) is 108 cm³/mol. The highest BCUT2D eigenvalue weighted by Crippen LogP contribution is 2.31. The summed E-state index contributed by atoms with van der Waals surface area (Å²) in [5, 5.41) is 3.94. The van der Waals surface area contributed by atoms with Gasteiger partial charge in [-0.25, -0.2) is 0 Å². The van der Waals surface area contributed by atoms with Crippen molar-refractivity contribution in [3.8, 4) is 11.1 Å². The fourth-order valence-corrected chi connectivity index (χ4v) is 4.30. The van der Waals surface area contributed by atoms with E-state index in [1.54, 1.807) is 0 Å². The van der Waals surface area contributed by atoms with E-state index in [-0.39, 0.29) is 5.91 Å². The van der Waals surface area contributed by atoms with Crippen molar-refractivity contribution in [3.63, 3.8) is 0 Å². The molecule has 0 bridgehead atoms. The summed E-state index contributed by atoms with van der Waals surface area (Å²) >= 11 is 8.39.